The van der Waals surface area contributed by atoms with E-state index in [9.17, 15) is 8.42 Å². The summed E-state index contributed by atoms with van der Waals surface area (Å²) in [6, 6.07) is 0.104. The predicted octanol–water partition coefficient (Wildman–Crippen LogP) is 3.19. The van der Waals surface area contributed by atoms with Crippen LogP contribution < -0.4 is 4.72 Å². The van der Waals surface area contributed by atoms with E-state index in [-0.39, 0.29) is 6.04 Å². The van der Waals surface area contributed by atoms with Crippen molar-refractivity contribution in [1.82, 2.24) is 4.72 Å². The molecule has 0 aromatic carbocycles. The smallest absolute Gasteiger partial charge is 0.212 e. The van der Waals surface area contributed by atoms with E-state index in [2.05, 4.69) is 20.7 Å². The van der Waals surface area contributed by atoms with Crippen molar-refractivity contribution < 1.29 is 8.42 Å². The Hall–Kier alpha value is 0.390. The van der Waals surface area contributed by atoms with E-state index in [1.807, 2.05) is 0 Å². The molecule has 0 bridgehead atoms. The number of rotatable bonds is 4. The minimum atomic E-state index is -3.09. The molecule has 0 aliphatic heterocycles. The number of hydrogen-bond donors (Lipinski definition) is 1. The molecule has 0 saturated heterocycles. The Bertz CT molecular complexity index is 352. The number of sulfonamides is 1. The molecule has 2 aliphatic carbocycles. The van der Waals surface area contributed by atoms with E-state index in [0.717, 1.165) is 32.1 Å². The van der Waals surface area contributed by atoms with Crippen molar-refractivity contribution in [3.05, 3.63) is 0 Å². The first-order valence-electron chi connectivity index (χ1n) is 7.21. The Morgan fingerprint density at radius 1 is 0.944 bits per heavy atom. The summed E-state index contributed by atoms with van der Waals surface area (Å²) < 4.78 is 27.3. The number of hydrogen-bond acceptors (Lipinski definition) is 2. The quantitative estimate of drug-likeness (QED) is 0.800. The first kappa shape index (κ1) is 14.8. The fraction of sp³-hybridized carbons (Fsp3) is 1.00. The Morgan fingerprint density at radius 3 is 2.22 bits per heavy atom. The van der Waals surface area contributed by atoms with Crippen molar-refractivity contribution in [2.75, 3.05) is 5.75 Å². The number of alkyl halides is 1. The van der Waals surface area contributed by atoms with Gasteiger partial charge >= 0.3 is 0 Å². The molecule has 0 amide bonds. The molecular formula is C13H24BrNO2S. The third-order valence-corrected chi connectivity index (χ3v) is 6.86. The molecule has 0 aromatic rings. The van der Waals surface area contributed by atoms with Crippen LogP contribution in [0.4, 0.5) is 0 Å². The standard InChI is InChI=1S/C13H24BrNO2S/c14-12-8-4-5-9-13(12)15-18(16,17)10-11-6-2-1-3-7-11/h11-13,15H,1-10H2. The normalized spacial score (nSPS) is 31.4. The zero-order chi connectivity index (χ0) is 13.0. The van der Waals surface area contributed by atoms with Crippen LogP contribution in [0.5, 0.6) is 0 Å². The van der Waals surface area contributed by atoms with Crippen LogP contribution in [0.15, 0.2) is 0 Å². The van der Waals surface area contributed by atoms with Gasteiger partial charge in [0.05, 0.1) is 5.75 Å². The van der Waals surface area contributed by atoms with Gasteiger partial charge in [0.15, 0.2) is 0 Å². The molecule has 2 fully saturated rings. The van der Waals surface area contributed by atoms with Gasteiger partial charge in [0, 0.05) is 10.9 Å². The van der Waals surface area contributed by atoms with Gasteiger partial charge in [-0.25, -0.2) is 13.1 Å². The lowest BCUT2D eigenvalue weighted by Crippen LogP contribution is -2.44. The minimum absolute atomic E-state index is 0.104. The molecule has 0 heterocycles. The molecule has 3 nitrogen and oxygen atoms in total. The number of nitrogens with one attached hydrogen (secondary N) is 1. The second-order valence-electron chi connectivity index (χ2n) is 5.81. The van der Waals surface area contributed by atoms with Crippen molar-refractivity contribution in [2.45, 2.75) is 68.7 Å². The van der Waals surface area contributed by atoms with Crippen LogP contribution in [-0.2, 0) is 10.0 Å². The van der Waals surface area contributed by atoms with Gasteiger partial charge in [-0.15, -0.1) is 0 Å². The van der Waals surface area contributed by atoms with Gasteiger partial charge < -0.3 is 0 Å². The van der Waals surface area contributed by atoms with Crippen LogP contribution in [0.25, 0.3) is 0 Å². The van der Waals surface area contributed by atoms with Crippen LogP contribution in [0, 0.1) is 5.92 Å². The monoisotopic (exact) mass is 337 g/mol. The van der Waals surface area contributed by atoms with E-state index >= 15 is 0 Å². The summed E-state index contributed by atoms with van der Waals surface area (Å²) in [5.41, 5.74) is 0. The molecule has 2 saturated carbocycles. The van der Waals surface area contributed by atoms with E-state index in [1.165, 1.54) is 25.7 Å². The van der Waals surface area contributed by atoms with Crippen LogP contribution >= 0.6 is 15.9 Å². The maximum absolute atomic E-state index is 12.2. The van der Waals surface area contributed by atoms with Crippen LogP contribution in [-0.4, -0.2) is 25.0 Å². The predicted molar refractivity (Wildman–Crippen MR) is 78.5 cm³/mol. The Kier molecular flexibility index (Phi) is 5.51. The van der Waals surface area contributed by atoms with E-state index in [4.69, 9.17) is 0 Å². The minimum Gasteiger partial charge on any atom is -0.212 e. The van der Waals surface area contributed by atoms with Gasteiger partial charge in [0.2, 0.25) is 10.0 Å². The molecule has 18 heavy (non-hydrogen) atoms. The van der Waals surface area contributed by atoms with E-state index < -0.39 is 10.0 Å². The van der Waals surface area contributed by atoms with Crippen LogP contribution in [0.1, 0.15) is 57.8 Å². The van der Waals surface area contributed by atoms with E-state index in [1.54, 1.807) is 0 Å². The summed E-state index contributed by atoms with van der Waals surface area (Å²) in [7, 11) is -3.09. The molecule has 0 radical (unpaired) electrons. The third-order valence-electron chi connectivity index (χ3n) is 4.19. The summed E-state index contributed by atoms with van der Waals surface area (Å²) in [5, 5.41) is 0. The van der Waals surface area contributed by atoms with Crippen molar-refractivity contribution in [3.8, 4) is 0 Å². The maximum atomic E-state index is 12.2. The zero-order valence-electron chi connectivity index (χ0n) is 10.9. The molecule has 106 valence electrons. The van der Waals surface area contributed by atoms with Crippen molar-refractivity contribution in [3.63, 3.8) is 0 Å². The van der Waals surface area contributed by atoms with Gasteiger partial charge in [-0.05, 0) is 31.6 Å². The Balaban J connectivity index is 1.85. The van der Waals surface area contributed by atoms with Gasteiger partial charge in [-0.3, -0.25) is 0 Å². The topological polar surface area (TPSA) is 46.2 Å². The lowest BCUT2D eigenvalue weighted by atomic mass is 9.91. The third kappa shape index (κ3) is 4.49. The lowest BCUT2D eigenvalue weighted by Gasteiger charge is -2.29. The SMILES string of the molecule is O=S(=O)(CC1CCCCC1)NC1CCCCC1Br. The fourth-order valence-electron chi connectivity index (χ4n) is 3.16. The highest BCUT2D eigenvalue weighted by atomic mass is 79.9. The molecule has 0 spiro atoms. The van der Waals surface area contributed by atoms with Crippen molar-refractivity contribution >= 4 is 26.0 Å². The molecule has 2 unspecified atom stereocenters. The maximum Gasteiger partial charge on any atom is 0.212 e. The average Bonchev–Trinajstić information content (AvgIpc) is 2.32. The average molecular weight is 338 g/mol. The van der Waals surface area contributed by atoms with Crippen molar-refractivity contribution in [1.29, 1.82) is 0 Å². The Morgan fingerprint density at radius 2 is 1.56 bits per heavy atom. The Labute approximate surface area is 119 Å². The molecule has 5 heteroatoms. The molecule has 2 aliphatic rings. The number of halogens is 1. The van der Waals surface area contributed by atoms with Crippen LogP contribution in [0.2, 0.25) is 0 Å². The molecule has 2 atom stereocenters. The van der Waals surface area contributed by atoms with Crippen molar-refractivity contribution in [2.24, 2.45) is 5.92 Å². The highest BCUT2D eigenvalue weighted by Gasteiger charge is 2.28. The van der Waals surface area contributed by atoms with E-state index in [0.29, 0.717) is 16.5 Å². The van der Waals surface area contributed by atoms with Crippen LogP contribution in [0.3, 0.4) is 0 Å². The summed E-state index contributed by atoms with van der Waals surface area (Å²) in [6.45, 7) is 0. The molecule has 1 N–H and O–H groups in total. The van der Waals surface area contributed by atoms with Gasteiger partial charge in [-0.1, -0.05) is 48.0 Å². The largest absolute Gasteiger partial charge is 0.212 e. The van der Waals surface area contributed by atoms with Gasteiger partial charge in [0.25, 0.3) is 0 Å². The molecular weight excluding hydrogens is 314 g/mol. The first-order chi connectivity index (χ1) is 8.57. The fourth-order valence-corrected chi connectivity index (χ4v) is 5.85. The summed E-state index contributed by atoms with van der Waals surface area (Å²) in [5.74, 6) is 0.720. The zero-order valence-corrected chi connectivity index (χ0v) is 13.3. The second kappa shape index (κ2) is 6.71. The summed E-state index contributed by atoms with van der Waals surface area (Å²) in [4.78, 5) is 0.312. The highest BCUT2D eigenvalue weighted by Crippen LogP contribution is 2.27. The summed E-state index contributed by atoms with van der Waals surface area (Å²) >= 11 is 3.61. The van der Waals surface area contributed by atoms with Gasteiger partial charge in [0.1, 0.15) is 0 Å². The lowest BCUT2D eigenvalue weighted by molar-refractivity contribution is 0.379. The molecule has 0 aromatic heterocycles. The summed E-state index contributed by atoms with van der Waals surface area (Å²) in [6.07, 6.45) is 10.2. The van der Waals surface area contributed by atoms with Gasteiger partial charge in [-0.2, -0.15) is 0 Å². The second-order valence-corrected chi connectivity index (χ2v) is 8.78. The highest BCUT2D eigenvalue weighted by molar-refractivity contribution is 9.09. The molecule has 2 rings (SSSR count). The first-order valence-corrected chi connectivity index (χ1v) is 9.78.